The predicted molar refractivity (Wildman–Crippen MR) is 66.2 cm³/mol. The number of rotatable bonds is 6. The molecule has 0 radical (unpaired) electrons. The lowest BCUT2D eigenvalue weighted by Crippen LogP contribution is -2.44. The van der Waals surface area contributed by atoms with Crippen molar-refractivity contribution in [3.63, 3.8) is 0 Å². The molecule has 0 atom stereocenters. The van der Waals surface area contributed by atoms with Crippen molar-refractivity contribution in [2.24, 2.45) is 0 Å². The van der Waals surface area contributed by atoms with E-state index in [-0.39, 0.29) is 0 Å². The van der Waals surface area contributed by atoms with Gasteiger partial charge in [-0.05, 0) is 38.3 Å². The van der Waals surface area contributed by atoms with Crippen molar-refractivity contribution in [3.05, 3.63) is 0 Å². The first-order valence-corrected chi connectivity index (χ1v) is 11.8. The summed E-state index contributed by atoms with van der Waals surface area (Å²) in [6.45, 7) is 13.9. The maximum absolute atomic E-state index is 6.38. The minimum atomic E-state index is -1.32. The molecule has 0 heterocycles. The van der Waals surface area contributed by atoms with Gasteiger partial charge >= 0.3 is 0 Å². The van der Waals surface area contributed by atoms with E-state index in [2.05, 4.69) is 40.0 Å². The molecular formula is C10H26OSi2. The molecular weight excluding hydrogens is 192 g/mol. The highest BCUT2D eigenvalue weighted by Gasteiger charge is 2.32. The van der Waals surface area contributed by atoms with Crippen LogP contribution in [0.5, 0.6) is 0 Å². The van der Waals surface area contributed by atoms with Crippen molar-refractivity contribution in [2.45, 2.75) is 65.0 Å². The van der Waals surface area contributed by atoms with E-state index in [0.29, 0.717) is 0 Å². The van der Waals surface area contributed by atoms with E-state index < -0.39 is 16.6 Å². The molecule has 0 N–H and O–H groups in total. The Hall–Kier alpha value is 0.394. The molecule has 0 bridgehead atoms. The Labute approximate surface area is 86.1 Å². The Morgan fingerprint density at radius 3 is 1.46 bits per heavy atom. The molecule has 0 amide bonds. The molecule has 0 rings (SSSR count). The van der Waals surface area contributed by atoms with Crippen LogP contribution in [0.2, 0.25) is 38.3 Å². The van der Waals surface area contributed by atoms with Crippen LogP contribution in [-0.2, 0) is 4.12 Å². The summed E-state index contributed by atoms with van der Waals surface area (Å²) in [6.07, 6.45) is 2.57. The molecule has 0 fully saturated rings. The van der Waals surface area contributed by atoms with Gasteiger partial charge in [-0.25, -0.2) is 0 Å². The Morgan fingerprint density at radius 1 is 0.846 bits per heavy atom. The van der Waals surface area contributed by atoms with E-state index >= 15 is 0 Å². The van der Waals surface area contributed by atoms with Crippen LogP contribution >= 0.6 is 0 Å². The molecule has 0 aromatic carbocycles. The fourth-order valence-corrected chi connectivity index (χ4v) is 11.1. The van der Waals surface area contributed by atoms with E-state index in [1.165, 1.54) is 24.9 Å². The highest BCUT2D eigenvalue weighted by molar-refractivity contribution is 6.84. The average Bonchev–Trinajstić information content (AvgIpc) is 1.82. The Balaban J connectivity index is 4.22. The fraction of sp³-hybridized carbons (Fsp3) is 1.00. The van der Waals surface area contributed by atoms with Gasteiger partial charge in [0.2, 0.25) is 0 Å². The van der Waals surface area contributed by atoms with Crippen LogP contribution in [0.25, 0.3) is 0 Å². The highest BCUT2D eigenvalue weighted by atomic mass is 28.4. The third-order valence-corrected chi connectivity index (χ3v) is 9.65. The summed E-state index contributed by atoms with van der Waals surface area (Å²) < 4.78 is 6.38. The summed E-state index contributed by atoms with van der Waals surface area (Å²) in [5.74, 6) is 0. The topological polar surface area (TPSA) is 9.23 Å². The standard InChI is InChI=1S/C10H26OSi2/c1-7-9-13(6,10-8-2)11-12(3,4)5/h7-10H2,1-6H3. The van der Waals surface area contributed by atoms with E-state index in [1.54, 1.807) is 0 Å². The molecule has 80 valence electrons. The maximum atomic E-state index is 6.38. The monoisotopic (exact) mass is 218 g/mol. The molecule has 0 aliphatic carbocycles. The molecule has 1 nitrogen and oxygen atoms in total. The van der Waals surface area contributed by atoms with Crippen molar-refractivity contribution >= 4 is 16.6 Å². The van der Waals surface area contributed by atoms with E-state index in [4.69, 9.17) is 4.12 Å². The Morgan fingerprint density at radius 2 is 1.23 bits per heavy atom. The van der Waals surface area contributed by atoms with Gasteiger partial charge in [-0.3, -0.25) is 0 Å². The van der Waals surface area contributed by atoms with Gasteiger partial charge in [-0.15, -0.1) is 0 Å². The molecule has 0 aromatic rings. The molecule has 0 aromatic heterocycles. The quantitative estimate of drug-likeness (QED) is 0.606. The van der Waals surface area contributed by atoms with Gasteiger partial charge in [0.15, 0.2) is 16.6 Å². The van der Waals surface area contributed by atoms with Gasteiger partial charge in [0.05, 0.1) is 0 Å². The van der Waals surface area contributed by atoms with Gasteiger partial charge in [0.1, 0.15) is 0 Å². The second kappa shape index (κ2) is 5.32. The van der Waals surface area contributed by atoms with Crippen LogP contribution < -0.4 is 0 Å². The van der Waals surface area contributed by atoms with Gasteiger partial charge in [-0.2, -0.15) is 0 Å². The molecule has 0 unspecified atom stereocenters. The number of hydrogen-bond acceptors (Lipinski definition) is 1. The Bertz CT molecular complexity index is 134. The van der Waals surface area contributed by atoms with Crippen molar-refractivity contribution in [1.29, 1.82) is 0 Å². The summed E-state index contributed by atoms with van der Waals surface area (Å²) in [5.41, 5.74) is 0. The van der Waals surface area contributed by atoms with Gasteiger partial charge in [0, 0.05) is 0 Å². The van der Waals surface area contributed by atoms with Crippen LogP contribution in [0.3, 0.4) is 0 Å². The first kappa shape index (κ1) is 13.4. The zero-order valence-electron chi connectivity index (χ0n) is 10.2. The third kappa shape index (κ3) is 6.46. The van der Waals surface area contributed by atoms with Crippen molar-refractivity contribution in [3.8, 4) is 0 Å². The first-order chi connectivity index (χ1) is 5.83. The lowest BCUT2D eigenvalue weighted by atomic mass is 10.6. The second-order valence-corrected chi connectivity index (χ2v) is 14.1. The second-order valence-electron chi connectivity index (χ2n) is 5.16. The molecule has 13 heavy (non-hydrogen) atoms. The lowest BCUT2D eigenvalue weighted by molar-refractivity contribution is 0.532. The van der Waals surface area contributed by atoms with E-state index in [9.17, 15) is 0 Å². The van der Waals surface area contributed by atoms with E-state index in [0.717, 1.165) is 0 Å². The van der Waals surface area contributed by atoms with E-state index in [1.807, 2.05) is 0 Å². The van der Waals surface area contributed by atoms with Crippen LogP contribution in [0.1, 0.15) is 26.7 Å². The summed E-state index contributed by atoms with van der Waals surface area (Å²) in [5, 5.41) is 0. The molecule has 3 heteroatoms. The van der Waals surface area contributed by atoms with Gasteiger partial charge < -0.3 is 4.12 Å². The zero-order valence-corrected chi connectivity index (χ0v) is 12.2. The van der Waals surface area contributed by atoms with Crippen LogP contribution in [0.15, 0.2) is 0 Å². The average molecular weight is 218 g/mol. The molecule has 0 saturated heterocycles. The summed E-state index contributed by atoms with van der Waals surface area (Å²) in [4.78, 5) is 0. The fourth-order valence-electron chi connectivity index (χ4n) is 2.02. The predicted octanol–water partition coefficient (Wildman–Crippen LogP) is 4.23. The molecule has 0 saturated carbocycles. The van der Waals surface area contributed by atoms with Crippen molar-refractivity contribution in [2.75, 3.05) is 0 Å². The molecule has 0 spiro atoms. The minimum absolute atomic E-state index is 1.28. The maximum Gasteiger partial charge on any atom is 0.176 e. The summed E-state index contributed by atoms with van der Waals surface area (Å²) >= 11 is 0. The SMILES string of the molecule is CCC[Si](C)(CCC)O[Si](C)(C)C. The van der Waals surface area contributed by atoms with Gasteiger partial charge in [-0.1, -0.05) is 26.7 Å². The lowest BCUT2D eigenvalue weighted by Gasteiger charge is -2.34. The van der Waals surface area contributed by atoms with Crippen LogP contribution in [-0.4, -0.2) is 16.6 Å². The minimum Gasteiger partial charge on any atom is -0.456 e. The van der Waals surface area contributed by atoms with Crippen molar-refractivity contribution < 1.29 is 4.12 Å². The molecule has 0 aliphatic rings. The van der Waals surface area contributed by atoms with Gasteiger partial charge in [0.25, 0.3) is 0 Å². The Kier molecular flexibility index (Phi) is 5.48. The zero-order chi connectivity index (χ0) is 10.5. The van der Waals surface area contributed by atoms with Crippen LogP contribution in [0.4, 0.5) is 0 Å². The normalized spacial score (nSPS) is 13.4. The smallest absolute Gasteiger partial charge is 0.176 e. The summed E-state index contributed by atoms with van der Waals surface area (Å²) in [6, 6.07) is 2.68. The summed E-state index contributed by atoms with van der Waals surface area (Å²) in [7, 11) is -2.63. The number of hydrogen-bond donors (Lipinski definition) is 0. The first-order valence-electron chi connectivity index (χ1n) is 5.53. The third-order valence-electron chi connectivity index (χ3n) is 2.11. The highest BCUT2D eigenvalue weighted by Crippen LogP contribution is 2.25. The van der Waals surface area contributed by atoms with Crippen LogP contribution in [0, 0.1) is 0 Å². The van der Waals surface area contributed by atoms with Crippen molar-refractivity contribution in [1.82, 2.24) is 0 Å². The molecule has 0 aliphatic heterocycles. The largest absolute Gasteiger partial charge is 0.456 e.